The summed E-state index contributed by atoms with van der Waals surface area (Å²) in [5.41, 5.74) is 4.17. The average Bonchev–Trinajstić information content (AvgIpc) is 3.49. The van der Waals surface area contributed by atoms with Crippen LogP contribution in [0, 0.1) is 0 Å². The molecule has 36 heavy (non-hydrogen) atoms. The molecule has 6 rings (SSSR count). The molecule has 0 bridgehead atoms. The van der Waals surface area contributed by atoms with Crippen LogP contribution in [-0.2, 0) is 6.42 Å². The summed E-state index contributed by atoms with van der Waals surface area (Å²) in [4.78, 5) is 30.0. The van der Waals surface area contributed by atoms with E-state index in [-0.39, 0.29) is 18.3 Å². The molecule has 10 heteroatoms. The smallest absolute Gasteiger partial charge is 0.298 e. The Kier molecular flexibility index (Phi) is 6.96. The average molecular weight is 545 g/mol. The molecule has 0 unspecified atom stereocenters. The maximum atomic E-state index is 13.4. The second-order valence-corrected chi connectivity index (χ2v) is 10.7. The Labute approximate surface area is 225 Å². The highest BCUT2D eigenvalue weighted by Crippen LogP contribution is 2.35. The van der Waals surface area contributed by atoms with E-state index in [0.29, 0.717) is 34.9 Å². The molecule has 2 aromatic carbocycles. The summed E-state index contributed by atoms with van der Waals surface area (Å²) in [6.07, 6.45) is 2.90. The normalized spacial score (nSPS) is 16.8. The summed E-state index contributed by atoms with van der Waals surface area (Å²) >= 11 is 7.46. The van der Waals surface area contributed by atoms with Crippen LogP contribution in [0.15, 0.2) is 46.9 Å². The number of piperidine rings is 1. The number of carbonyl (C=O) groups excluding carboxylic acids is 1. The molecule has 0 atom stereocenters. The first-order valence-electron chi connectivity index (χ1n) is 11.9. The van der Waals surface area contributed by atoms with E-state index in [1.54, 1.807) is 0 Å². The molecule has 7 nitrogen and oxygen atoms in total. The predicted molar refractivity (Wildman–Crippen MR) is 148 cm³/mol. The molecule has 0 radical (unpaired) electrons. The number of hydrogen-bond donors (Lipinski definition) is 0. The molecule has 2 aliphatic heterocycles. The summed E-state index contributed by atoms with van der Waals surface area (Å²) in [6.45, 7) is 2.74. The number of rotatable bonds is 4. The van der Waals surface area contributed by atoms with Gasteiger partial charge < -0.3 is 19.1 Å². The number of nitrogens with zero attached hydrogens (tertiary/aromatic N) is 5. The quantitative estimate of drug-likeness (QED) is 0.326. The van der Waals surface area contributed by atoms with Gasteiger partial charge in [0.2, 0.25) is 0 Å². The molecule has 2 aliphatic rings. The van der Waals surface area contributed by atoms with E-state index in [9.17, 15) is 4.79 Å². The van der Waals surface area contributed by atoms with Gasteiger partial charge in [-0.15, -0.1) is 23.7 Å². The fourth-order valence-electron chi connectivity index (χ4n) is 4.85. The molecule has 1 amide bonds. The Bertz CT molecular complexity index is 1400. The van der Waals surface area contributed by atoms with Crippen molar-refractivity contribution in [3.05, 3.63) is 58.1 Å². The van der Waals surface area contributed by atoms with Crippen LogP contribution >= 0.6 is 35.3 Å². The van der Waals surface area contributed by atoms with Gasteiger partial charge in [0, 0.05) is 42.3 Å². The molecule has 188 valence electrons. The van der Waals surface area contributed by atoms with Crippen molar-refractivity contribution in [3.63, 3.8) is 0 Å². The third-order valence-electron chi connectivity index (χ3n) is 7.01. The SMILES string of the molecule is CN1CCC(N(C)c2nc3cc(N4CCc5nc(-c6ccc(Cl)cc6)sc5C4=O)ccc3o2)CC1.Cl. The van der Waals surface area contributed by atoms with Gasteiger partial charge in [0.25, 0.3) is 11.9 Å². The Morgan fingerprint density at radius 1 is 1.08 bits per heavy atom. The third kappa shape index (κ3) is 4.59. The predicted octanol–water partition coefficient (Wildman–Crippen LogP) is 5.76. The number of hydrogen-bond acceptors (Lipinski definition) is 7. The number of halogens is 2. The monoisotopic (exact) mass is 543 g/mol. The number of anilines is 2. The summed E-state index contributed by atoms with van der Waals surface area (Å²) < 4.78 is 6.08. The van der Waals surface area contributed by atoms with E-state index in [2.05, 4.69) is 23.9 Å². The van der Waals surface area contributed by atoms with Gasteiger partial charge in [-0.2, -0.15) is 4.98 Å². The van der Waals surface area contributed by atoms with Crippen molar-refractivity contribution >= 4 is 64.1 Å². The number of oxazole rings is 1. The van der Waals surface area contributed by atoms with E-state index in [0.717, 1.165) is 59.0 Å². The van der Waals surface area contributed by atoms with Crippen molar-refractivity contribution in [3.8, 4) is 10.6 Å². The van der Waals surface area contributed by atoms with E-state index in [4.69, 9.17) is 26.0 Å². The van der Waals surface area contributed by atoms with E-state index < -0.39 is 0 Å². The van der Waals surface area contributed by atoms with Crippen LogP contribution in [0.5, 0.6) is 0 Å². The molecular formula is C26H27Cl2N5O2S. The minimum atomic E-state index is -0.0181. The summed E-state index contributed by atoms with van der Waals surface area (Å²) in [7, 11) is 4.21. The zero-order valence-electron chi connectivity index (χ0n) is 20.1. The van der Waals surface area contributed by atoms with E-state index in [1.165, 1.54) is 11.3 Å². The Morgan fingerprint density at radius 2 is 1.83 bits per heavy atom. The molecule has 2 aromatic heterocycles. The maximum absolute atomic E-state index is 13.4. The Balaban J connectivity index is 0.00000267. The zero-order valence-corrected chi connectivity index (χ0v) is 22.5. The van der Waals surface area contributed by atoms with Crippen molar-refractivity contribution < 1.29 is 9.21 Å². The second kappa shape index (κ2) is 10.0. The van der Waals surface area contributed by atoms with Crippen LogP contribution in [0.2, 0.25) is 5.02 Å². The minimum absolute atomic E-state index is 0. The van der Waals surface area contributed by atoms with Crippen molar-refractivity contribution in [2.75, 3.05) is 43.5 Å². The number of likely N-dealkylation sites (tertiary alicyclic amines) is 1. The highest BCUT2D eigenvalue weighted by atomic mass is 35.5. The lowest BCUT2D eigenvalue weighted by atomic mass is 10.0. The van der Waals surface area contributed by atoms with Crippen LogP contribution < -0.4 is 9.80 Å². The van der Waals surface area contributed by atoms with Crippen molar-refractivity contribution in [2.45, 2.75) is 25.3 Å². The number of amides is 1. The van der Waals surface area contributed by atoms with Gasteiger partial charge in [0.1, 0.15) is 15.4 Å². The highest BCUT2D eigenvalue weighted by Gasteiger charge is 2.30. The van der Waals surface area contributed by atoms with Crippen LogP contribution in [0.3, 0.4) is 0 Å². The number of carbonyl (C=O) groups is 1. The lowest BCUT2D eigenvalue weighted by Crippen LogP contribution is -2.42. The lowest BCUT2D eigenvalue weighted by Gasteiger charge is -2.34. The van der Waals surface area contributed by atoms with Crippen LogP contribution in [-0.4, -0.2) is 60.5 Å². The van der Waals surface area contributed by atoms with Gasteiger partial charge in [0.15, 0.2) is 5.58 Å². The fourth-order valence-corrected chi connectivity index (χ4v) is 6.05. The first kappa shape index (κ1) is 25.0. The molecule has 0 saturated carbocycles. The van der Waals surface area contributed by atoms with Gasteiger partial charge in [-0.05, 0) is 63.3 Å². The minimum Gasteiger partial charge on any atom is -0.423 e. The molecule has 4 aromatic rings. The number of aromatic nitrogens is 2. The second-order valence-electron chi connectivity index (χ2n) is 9.30. The molecule has 0 aliphatic carbocycles. The van der Waals surface area contributed by atoms with E-state index >= 15 is 0 Å². The Morgan fingerprint density at radius 3 is 2.58 bits per heavy atom. The number of benzene rings is 2. The summed E-state index contributed by atoms with van der Waals surface area (Å²) in [5, 5.41) is 1.52. The maximum Gasteiger partial charge on any atom is 0.298 e. The largest absolute Gasteiger partial charge is 0.423 e. The lowest BCUT2D eigenvalue weighted by molar-refractivity contribution is 0.0984. The number of thiazole rings is 1. The topological polar surface area (TPSA) is 65.7 Å². The van der Waals surface area contributed by atoms with Crippen molar-refractivity contribution in [2.24, 2.45) is 0 Å². The zero-order chi connectivity index (χ0) is 24.1. The third-order valence-corrected chi connectivity index (χ3v) is 8.40. The van der Waals surface area contributed by atoms with E-state index in [1.807, 2.05) is 47.4 Å². The van der Waals surface area contributed by atoms with Crippen LogP contribution in [0.4, 0.5) is 11.7 Å². The van der Waals surface area contributed by atoms with Gasteiger partial charge in [-0.3, -0.25) is 4.79 Å². The van der Waals surface area contributed by atoms with Gasteiger partial charge in [0.05, 0.1) is 5.69 Å². The molecule has 1 saturated heterocycles. The standard InChI is InChI=1S/C26H26ClN5O2S.ClH/c1-30-12-9-18(10-13-30)31(2)26-29-21-15-19(7-8-22(21)34-26)32-14-11-20-23(25(32)33)35-24(28-20)16-3-5-17(27)6-4-16;/h3-8,15,18H,9-14H2,1-2H3;1H. The molecular weight excluding hydrogens is 517 g/mol. The van der Waals surface area contributed by atoms with Crippen LogP contribution in [0.25, 0.3) is 21.7 Å². The van der Waals surface area contributed by atoms with Crippen molar-refractivity contribution in [1.29, 1.82) is 0 Å². The first-order valence-corrected chi connectivity index (χ1v) is 13.1. The Hall–Kier alpha value is -2.65. The molecule has 4 heterocycles. The van der Waals surface area contributed by atoms with Crippen LogP contribution in [0.1, 0.15) is 28.2 Å². The first-order chi connectivity index (χ1) is 17.0. The van der Waals surface area contributed by atoms with Gasteiger partial charge in [-0.1, -0.05) is 23.7 Å². The van der Waals surface area contributed by atoms with Crippen molar-refractivity contribution in [1.82, 2.24) is 14.9 Å². The molecule has 0 spiro atoms. The summed E-state index contributed by atoms with van der Waals surface area (Å²) in [5.74, 6) is -0.0181. The summed E-state index contributed by atoms with van der Waals surface area (Å²) in [6, 6.07) is 14.4. The molecule has 1 fully saturated rings. The van der Waals surface area contributed by atoms with Gasteiger partial charge >= 0.3 is 0 Å². The number of fused-ring (bicyclic) bond motifs is 2. The van der Waals surface area contributed by atoms with Gasteiger partial charge in [-0.25, -0.2) is 4.98 Å². The highest BCUT2D eigenvalue weighted by molar-refractivity contribution is 7.17. The fraction of sp³-hybridized carbons (Fsp3) is 0.346. The molecule has 0 N–H and O–H groups in total.